The second-order valence-corrected chi connectivity index (χ2v) is 7.08. The highest BCUT2D eigenvalue weighted by atomic mass is 32.2. The third-order valence-corrected chi connectivity index (χ3v) is 5.20. The maximum Gasteiger partial charge on any atom is 0.234 e. The lowest BCUT2D eigenvalue weighted by Crippen LogP contribution is -2.14. The molecule has 1 aromatic heterocycles. The van der Waals surface area contributed by atoms with E-state index in [-0.39, 0.29) is 5.91 Å². The molecule has 122 valence electrons. The Balaban J connectivity index is 1.63. The summed E-state index contributed by atoms with van der Waals surface area (Å²) < 4.78 is 6.74. The van der Waals surface area contributed by atoms with Gasteiger partial charge in [-0.05, 0) is 31.2 Å². The van der Waals surface area contributed by atoms with Crippen LogP contribution in [0.25, 0.3) is 0 Å². The van der Waals surface area contributed by atoms with Crippen LogP contribution >= 0.6 is 23.1 Å². The molecule has 6 heteroatoms. The molecule has 0 spiro atoms. The van der Waals surface area contributed by atoms with Crippen molar-refractivity contribution in [2.75, 3.05) is 11.1 Å². The molecule has 1 N–H and O–H groups in total. The van der Waals surface area contributed by atoms with Crippen molar-refractivity contribution in [2.45, 2.75) is 11.3 Å². The van der Waals surface area contributed by atoms with Crippen LogP contribution < -0.4 is 10.1 Å². The molecule has 2 aromatic carbocycles. The van der Waals surface area contributed by atoms with E-state index in [0.29, 0.717) is 17.2 Å². The van der Waals surface area contributed by atoms with Crippen molar-refractivity contribution in [3.63, 3.8) is 0 Å². The SMILES string of the molecule is Cc1csc(SCC(=O)Nc2ccccc2Oc2ccccc2)n1. The Morgan fingerprint density at radius 3 is 2.67 bits per heavy atom. The van der Waals surface area contributed by atoms with Crippen LogP contribution in [0.3, 0.4) is 0 Å². The molecule has 0 saturated heterocycles. The number of benzene rings is 2. The summed E-state index contributed by atoms with van der Waals surface area (Å²) in [5, 5.41) is 4.88. The predicted molar refractivity (Wildman–Crippen MR) is 99.2 cm³/mol. The second-order valence-electron chi connectivity index (χ2n) is 5.00. The predicted octanol–water partition coefficient (Wildman–Crippen LogP) is 4.97. The van der Waals surface area contributed by atoms with Crippen LogP contribution in [0.1, 0.15) is 5.69 Å². The number of thioether (sulfide) groups is 1. The number of carbonyl (C=O) groups excluding carboxylic acids is 1. The first kappa shape index (κ1) is 16.5. The molecule has 3 rings (SSSR count). The number of amides is 1. The van der Waals surface area contributed by atoms with Gasteiger partial charge in [-0.3, -0.25) is 4.79 Å². The van der Waals surface area contributed by atoms with E-state index >= 15 is 0 Å². The highest BCUT2D eigenvalue weighted by molar-refractivity contribution is 8.01. The lowest BCUT2D eigenvalue weighted by Gasteiger charge is -2.11. The summed E-state index contributed by atoms with van der Waals surface area (Å²) in [4.78, 5) is 16.5. The Labute approximate surface area is 148 Å². The first-order valence-corrected chi connectivity index (χ1v) is 9.24. The largest absolute Gasteiger partial charge is 0.455 e. The first-order valence-electron chi connectivity index (χ1n) is 7.37. The van der Waals surface area contributed by atoms with Gasteiger partial charge in [-0.2, -0.15) is 0 Å². The minimum Gasteiger partial charge on any atom is -0.455 e. The lowest BCUT2D eigenvalue weighted by molar-refractivity contribution is -0.113. The van der Waals surface area contributed by atoms with Crippen LogP contribution in [0, 0.1) is 6.92 Å². The van der Waals surface area contributed by atoms with Gasteiger partial charge in [0.2, 0.25) is 5.91 Å². The highest BCUT2D eigenvalue weighted by Crippen LogP contribution is 2.29. The number of hydrogen-bond donors (Lipinski definition) is 1. The first-order chi connectivity index (χ1) is 11.7. The number of anilines is 1. The number of rotatable bonds is 6. The highest BCUT2D eigenvalue weighted by Gasteiger charge is 2.10. The van der Waals surface area contributed by atoms with Gasteiger partial charge in [0.15, 0.2) is 10.1 Å². The number of ether oxygens (including phenoxy) is 1. The molecule has 0 saturated carbocycles. The van der Waals surface area contributed by atoms with E-state index in [1.807, 2.05) is 66.9 Å². The number of carbonyl (C=O) groups is 1. The Morgan fingerprint density at radius 1 is 1.17 bits per heavy atom. The zero-order valence-electron chi connectivity index (χ0n) is 13.1. The van der Waals surface area contributed by atoms with Crippen LogP contribution in [-0.4, -0.2) is 16.6 Å². The van der Waals surface area contributed by atoms with Crippen molar-refractivity contribution in [1.29, 1.82) is 0 Å². The molecule has 0 unspecified atom stereocenters. The van der Waals surface area contributed by atoms with E-state index in [2.05, 4.69) is 10.3 Å². The second kappa shape index (κ2) is 7.99. The monoisotopic (exact) mass is 356 g/mol. The van der Waals surface area contributed by atoms with Gasteiger partial charge in [-0.25, -0.2) is 4.98 Å². The zero-order valence-corrected chi connectivity index (χ0v) is 14.7. The smallest absolute Gasteiger partial charge is 0.234 e. The fourth-order valence-electron chi connectivity index (χ4n) is 1.99. The molecule has 0 fully saturated rings. The molecular formula is C18H16N2O2S2. The summed E-state index contributed by atoms with van der Waals surface area (Å²) in [6.45, 7) is 1.94. The number of aromatic nitrogens is 1. The molecule has 4 nitrogen and oxygen atoms in total. The van der Waals surface area contributed by atoms with Gasteiger partial charge < -0.3 is 10.1 Å². The minimum atomic E-state index is -0.0861. The lowest BCUT2D eigenvalue weighted by atomic mass is 10.3. The summed E-state index contributed by atoms with van der Waals surface area (Å²) in [5.41, 5.74) is 1.63. The van der Waals surface area contributed by atoms with E-state index in [9.17, 15) is 4.79 Å². The van der Waals surface area contributed by atoms with E-state index in [1.165, 1.54) is 11.8 Å². The van der Waals surface area contributed by atoms with E-state index in [1.54, 1.807) is 11.3 Å². The molecule has 24 heavy (non-hydrogen) atoms. The van der Waals surface area contributed by atoms with Crippen LogP contribution in [-0.2, 0) is 4.79 Å². The average Bonchev–Trinajstić information content (AvgIpc) is 3.01. The molecule has 0 bridgehead atoms. The van der Waals surface area contributed by atoms with Gasteiger partial charge in [0.1, 0.15) is 5.75 Å². The van der Waals surface area contributed by atoms with Gasteiger partial charge in [-0.1, -0.05) is 42.1 Å². The number of hydrogen-bond acceptors (Lipinski definition) is 5. The Morgan fingerprint density at radius 2 is 1.92 bits per heavy atom. The molecule has 0 aliphatic rings. The standard InChI is InChI=1S/C18H16N2O2S2/c1-13-11-23-18(19-13)24-12-17(21)20-15-9-5-6-10-16(15)22-14-7-3-2-4-8-14/h2-11H,12H2,1H3,(H,20,21). The van der Waals surface area contributed by atoms with Crippen molar-refractivity contribution in [1.82, 2.24) is 4.98 Å². The van der Waals surface area contributed by atoms with Crippen LogP contribution in [0.2, 0.25) is 0 Å². The summed E-state index contributed by atoms with van der Waals surface area (Å²) in [6.07, 6.45) is 0. The maximum absolute atomic E-state index is 12.2. The van der Waals surface area contributed by atoms with Crippen molar-refractivity contribution in [3.8, 4) is 11.5 Å². The Bertz CT molecular complexity index is 819. The number of thiazole rings is 1. The summed E-state index contributed by atoms with van der Waals surface area (Å²) in [7, 11) is 0. The maximum atomic E-state index is 12.2. The fraction of sp³-hybridized carbons (Fsp3) is 0.111. The van der Waals surface area contributed by atoms with Crippen molar-refractivity contribution in [2.24, 2.45) is 0 Å². The quantitative estimate of drug-likeness (QED) is 0.633. The topological polar surface area (TPSA) is 51.2 Å². The molecule has 3 aromatic rings. The normalized spacial score (nSPS) is 10.4. The molecular weight excluding hydrogens is 340 g/mol. The molecule has 0 radical (unpaired) electrons. The molecule has 1 heterocycles. The third kappa shape index (κ3) is 4.59. The minimum absolute atomic E-state index is 0.0861. The van der Waals surface area contributed by atoms with Gasteiger partial charge in [0.25, 0.3) is 0 Å². The summed E-state index contributed by atoms with van der Waals surface area (Å²) >= 11 is 2.98. The van der Waals surface area contributed by atoms with Gasteiger partial charge in [-0.15, -0.1) is 11.3 Å². The molecule has 1 amide bonds. The third-order valence-electron chi connectivity index (χ3n) is 3.06. The Hall–Kier alpha value is -2.31. The van der Waals surface area contributed by atoms with Crippen molar-refractivity contribution < 1.29 is 9.53 Å². The van der Waals surface area contributed by atoms with Gasteiger partial charge in [0.05, 0.1) is 11.4 Å². The van der Waals surface area contributed by atoms with Gasteiger partial charge in [0, 0.05) is 11.1 Å². The van der Waals surface area contributed by atoms with Crippen LogP contribution in [0.15, 0.2) is 64.3 Å². The van der Waals surface area contributed by atoms with E-state index < -0.39 is 0 Å². The van der Waals surface area contributed by atoms with Crippen LogP contribution in [0.5, 0.6) is 11.5 Å². The number of nitrogens with zero attached hydrogens (tertiary/aromatic N) is 1. The summed E-state index contributed by atoms with van der Waals surface area (Å²) in [5.74, 6) is 1.57. The fourth-order valence-corrected chi connectivity index (χ4v) is 3.64. The number of aryl methyl sites for hydroxylation is 1. The van der Waals surface area contributed by atoms with Gasteiger partial charge >= 0.3 is 0 Å². The zero-order chi connectivity index (χ0) is 16.8. The Kier molecular flexibility index (Phi) is 5.51. The average molecular weight is 356 g/mol. The van der Waals surface area contributed by atoms with Crippen molar-refractivity contribution in [3.05, 3.63) is 65.7 Å². The van der Waals surface area contributed by atoms with E-state index in [0.717, 1.165) is 15.8 Å². The van der Waals surface area contributed by atoms with Crippen molar-refractivity contribution >= 4 is 34.7 Å². The van der Waals surface area contributed by atoms with E-state index in [4.69, 9.17) is 4.74 Å². The summed E-state index contributed by atoms with van der Waals surface area (Å²) in [6, 6.07) is 16.9. The number of para-hydroxylation sites is 3. The van der Waals surface area contributed by atoms with Crippen LogP contribution in [0.4, 0.5) is 5.69 Å². The number of nitrogens with one attached hydrogen (secondary N) is 1. The molecule has 0 aliphatic carbocycles. The molecule has 0 aliphatic heterocycles. The molecule has 0 atom stereocenters.